The third kappa shape index (κ3) is 7.45. The summed E-state index contributed by atoms with van der Waals surface area (Å²) >= 11 is 0. The van der Waals surface area contributed by atoms with E-state index in [-0.39, 0.29) is 37.7 Å². The smallest absolute Gasteiger partial charge is 0.242 e. The number of likely N-dealkylation sites (N-methyl/N-ethyl adjacent to an activating group) is 1. The number of carbonyl (C=O) groups excluding carboxylic acids is 2. The Hall–Kier alpha value is -3.14. The van der Waals surface area contributed by atoms with Gasteiger partial charge in [0.05, 0.1) is 19.1 Å². The van der Waals surface area contributed by atoms with Crippen LogP contribution < -0.4 is 14.4 Å². The fourth-order valence-electron chi connectivity index (χ4n) is 3.37. The second kappa shape index (κ2) is 11.6. The van der Waals surface area contributed by atoms with Crippen molar-refractivity contribution in [2.45, 2.75) is 32.4 Å². The van der Waals surface area contributed by atoms with E-state index in [2.05, 4.69) is 5.32 Å². The van der Waals surface area contributed by atoms with Gasteiger partial charge in [-0.3, -0.25) is 13.9 Å². The molecule has 0 heterocycles. The molecule has 0 bridgehead atoms. The van der Waals surface area contributed by atoms with Crippen molar-refractivity contribution >= 4 is 27.5 Å². The van der Waals surface area contributed by atoms with Crippen molar-refractivity contribution in [3.63, 3.8) is 0 Å². The quantitative estimate of drug-likeness (QED) is 0.534. The van der Waals surface area contributed by atoms with Gasteiger partial charge in [-0.25, -0.2) is 12.8 Å². The van der Waals surface area contributed by atoms with Crippen molar-refractivity contribution in [2.24, 2.45) is 0 Å². The van der Waals surface area contributed by atoms with Crippen molar-refractivity contribution in [3.05, 3.63) is 59.9 Å². The molecule has 0 unspecified atom stereocenters. The van der Waals surface area contributed by atoms with Gasteiger partial charge in [-0.1, -0.05) is 12.1 Å². The molecule has 8 nitrogen and oxygen atoms in total. The highest BCUT2D eigenvalue weighted by molar-refractivity contribution is 7.92. The van der Waals surface area contributed by atoms with Crippen LogP contribution in [0, 0.1) is 5.82 Å². The normalized spacial score (nSPS) is 12.0. The summed E-state index contributed by atoms with van der Waals surface area (Å²) in [6, 6.07) is 11.6. The molecule has 0 aliphatic carbocycles. The minimum atomic E-state index is -3.63. The van der Waals surface area contributed by atoms with Crippen LogP contribution in [-0.2, 0) is 26.2 Å². The second-order valence-corrected chi connectivity index (χ2v) is 9.49. The largest absolute Gasteiger partial charge is 0.497 e. The molecule has 0 fully saturated rings. The molecule has 10 heteroatoms. The van der Waals surface area contributed by atoms with E-state index in [1.165, 1.54) is 36.2 Å². The fraction of sp³-hybridized carbons (Fsp3) is 0.391. The third-order valence-electron chi connectivity index (χ3n) is 5.17. The molecule has 0 aliphatic heterocycles. The summed E-state index contributed by atoms with van der Waals surface area (Å²) in [5.41, 5.74) is 1.11. The zero-order valence-corrected chi connectivity index (χ0v) is 20.1. The maximum atomic E-state index is 13.2. The third-order valence-corrected chi connectivity index (χ3v) is 6.36. The van der Waals surface area contributed by atoms with Crippen LogP contribution in [0.1, 0.15) is 25.3 Å². The zero-order valence-electron chi connectivity index (χ0n) is 19.2. The highest BCUT2D eigenvalue weighted by Crippen LogP contribution is 2.20. The lowest BCUT2D eigenvalue weighted by atomic mass is 10.1. The average molecular weight is 480 g/mol. The molecule has 0 saturated carbocycles. The van der Waals surface area contributed by atoms with Crippen molar-refractivity contribution in [3.8, 4) is 5.75 Å². The zero-order chi connectivity index (χ0) is 24.6. The predicted octanol–water partition coefficient (Wildman–Crippen LogP) is 2.54. The molecular formula is C23H30FN3O5S. The van der Waals surface area contributed by atoms with Crippen LogP contribution in [0.3, 0.4) is 0 Å². The molecule has 2 aromatic rings. The number of nitrogens with zero attached hydrogens (tertiary/aromatic N) is 2. The predicted molar refractivity (Wildman–Crippen MR) is 125 cm³/mol. The van der Waals surface area contributed by atoms with Crippen molar-refractivity contribution in [2.75, 3.05) is 31.3 Å². The minimum absolute atomic E-state index is 0.0263. The van der Waals surface area contributed by atoms with Gasteiger partial charge in [-0.15, -0.1) is 0 Å². The maximum Gasteiger partial charge on any atom is 0.242 e. The number of amides is 2. The fourth-order valence-corrected chi connectivity index (χ4v) is 4.34. The van der Waals surface area contributed by atoms with Gasteiger partial charge >= 0.3 is 0 Å². The maximum absolute atomic E-state index is 13.2. The van der Waals surface area contributed by atoms with Crippen molar-refractivity contribution in [1.29, 1.82) is 0 Å². The Balaban J connectivity index is 2.15. The Labute approximate surface area is 194 Å². The van der Waals surface area contributed by atoms with Crippen LogP contribution in [0.15, 0.2) is 48.5 Å². The van der Waals surface area contributed by atoms with Crippen LogP contribution in [0.25, 0.3) is 0 Å². The molecule has 0 spiro atoms. The van der Waals surface area contributed by atoms with Gasteiger partial charge in [0, 0.05) is 26.6 Å². The lowest BCUT2D eigenvalue weighted by molar-refractivity contribution is -0.140. The number of carbonyl (C=O) groups is 2. The van der Waals surface area contributed by atoms with Gasteiger partial charge < -0.3 is 15.0 Å². The van der Waals surface area contributed by atoms with Crippen LogP contribution >= 0.6 is 0 Å². The number of sulfonamides is 1. The molecule has 2 rings (SSSR count). The summed E-state index contributed by atoms with van der Waals surface area (Å²) in [6.07, 6.45) is 1.30. The highest BCUT2D eigenvalue weighted by Gasteiger charge is 2.26. The minimum Gasteiger partial charge on any atom is -0.497 e. The standard InChI is InChI=1S/C23H30FN3O5S/c1-17(23(29)25-2)26(16-18-7-5-8-21(15-18)32-3)22(28)9-6-14-27(33(4,30)31)20-12-10-19(24)11-13-20/h5,7-8,10-13,15,17H,6,9,14,16H2,1-4H3,(H,25,29)/t17-/m0/s1. The number of rotatable bonds is 11. The summed E-state index contributed by atoms with van der Waals surface area (Å²) in [7, 11) is -0.586. The summed E-state index contributed by atoms with van der Waals surface area (Å²) in [4.78, 5) is 26.8. The Morgan fingerprint density at radius 2 is 1.82 bits per heavy atom. The summed E-state index contributed by atoms with van der Waals surface area (Å²) in [6.45, 7) is 1.87. The monoisotopic (exact) mass is 479 g/mol. The molecule has 0 aromatic heterocycles. The molecule has 1 N–H and O–H groups in total. The first-order valence-corrected chi connectivity index (χ1v) is 12.3. The SMILES string of the molecule is CNC(=O)[C@H](C)N(Cc1cccc(OC)c1)C(=O)CCCN(c1ccc(F)cc1)S(C)(=O)=O. The van der Waals surface area contributed by atoms with E-state index in [1.807, 2.05) is 6.07 Å². The Kier molecular flexibility index (Phi) is 9.22. The van der Waals surface area contributed by atoms with Crippen LogP contribution in [0.4, 0.5) is 10.1 Å². The van der Waals surface area contributed by atoms with Gasteiger partial charge in [0.2, 0.25) is 21.8 Å². The Morgan fingerprint density at radius 1 is 1.15 bits per heavy atom. The highest BCUT2D eigenvalue weighted by atomic mass is 32.2. The van der Waals surface area contributed by atoms with Gasteiger partial charge in [0.15, 0.2) is 0 Å². The molecule has 2 aromatic carbocycles. The number of methoxy groups -OCH3 is 1. The first kappa shape index (κ1) is 26.1. The van der Waals surface area contributed by atoms with E-state index < -0.39 is 21.9 Å². The molecule has 1 atom stereocenters. The molecule has 2 amide bonds. The van der Waals surface area contributed by atoms with E-state index in [0.717, 1.165) is 16.1 Å². The van der Waals surface area contributed by atoms with Crippen LogP contribution in [-0.4, -0.2) is 58.1 Å². The van der Waals surface area contributed by atoms with Gasteiger partial charge in [-0.2, -0.15) is 0 Å². The van der Waals surface area contributed by atoms with Gasteiger partial charge in [0.1, 0.15) is 17.6 Å². The van der Waals surface area contributed by atoms with Gasteiger partial charge in [0.25, 0.3) is 0 Å². The number of benzene rings is 2. The Morgan fingerprint density at radius 3 is 2.39 bits per heavy atom. The lowest BCUT2D eigenvalue weighted by Gasteiger charge is -2.29. The van der Waals surface area contributed by atoms with Crippen molar-refractivity contribution in [1.82, 2.24) is 10.2 Å². The van der Waals surface area contributed by atoms with E-state index in [4.69, 9.17) is 4.74 Å². The number of anilines is 1. The van der Waals surface area contributed by atoms with Gasteiger partial charge in [-0.05, 0) is 55.3 Å². The van der Waals surface area contributed by atoms with E-state index >= 15 is 0 Å². The summed E-state index contributed by atoms with van der Waals surface area (Å²) in [5, 5.41) is 2.55. The number of ether oxygens (including phenoxy) is 1. The first-order chi connectivity index (χ1) is 15.6. The van der Waals surface area contributed by atoms with E-state index in [0.29, 0.717) is 11.4 Å². The van der Waals surface area contributed by atoms with Crippen LogP contribution in [0.2, 0.25) is 0 Å². The van der Waals surface area contributed by atoms with E-state index in [1.54, 1.807) is 32.2 Å². The number of nitrogens with one attached hydrogen (secondary N) is 1. The van der Waals surface area contributed by atoms with Crippen molar-refractivity contribution < 1.29 is 27.1 Å². The summed E-state index contributed by atoms with van der Waals surface area (Å²) < 4.78 is 44.1. The number of hydrogen-bond acceptors (Lipinski definition) is 5. The Bertz CT molecular complexity index is 1060. The topological polar surface area (TPSA) is 96.0 Å². The molecule has 0 radical (unpaired) electrons. The molecule has 0 aliphatic rings. The molecule has 180 valence electrons. The number of hydrogen-bond donors (Lipinski definition) is 1. The first-order valence-electron chi connectivity index (χ1n) is 10.4. The molecule has 33 heavy (non-hydrogen) atoms. The average Bonchev–Trinajstić information content (AvgIpc) is 2.79. The molecule has 0 saturated heterocycles. The van der Waals surface area contributed by atoms with Crippen LogP contribution in [0.5, 0.6) is 5.75 Å². The van der Waals surface area contributed by atoms with E-state index in [9.17, 15) is 22.4 Å². The lowest BCUT2D eigenvalue weighted by Crippen LogP contribution is -2.46. The molecular weight excluding hydrogens is 449 g/mol. The summed E-state index contributed by atoms with van der Waals surface area (Å²) in [5.74, 6) is -0.439. The number of halogens is 1. The second-order valence-electron chi connectivity index (χ2n) is 7.58.